The molecule has 0 aliphatic carbocycles. The molecule has 4 nitrogen and oxygen atoms in total. The molecule has 0 bridgehead atoms. The molecule has 0 heterocycles. The number of hydrogen-bond donors (Lipinski definition) is 1. The Labute approximate surface area is 118 Å². The van der Waals surface area contributed by atoms with Crippen LogP contribution >= 0.6 is 0 Å². The molecule has 0 rings (SSSR count). The number of rotatable bonds is 8. The molecule has 0 aromatic carbocycles. The second kappa shape index (κ2) is 7.26. The predicted molar refractivity (Wildman–Crippen MR) is 69.4 cm³/mol. The van der Waals surface area contributed by atoms with E-state index in [0.717, 1.165) is 0 Å². The van der Waals surface area contributed by atoms with Crippen LogP contribution in [0.15, 0.2) is 0 Å². The molecule has 0 spiro atoms. The van der Waals surface area contributed by atoms with Crippen molar-refractivity contribution in [2.24, 2.45) is 0 Å². The van der Waals surface area contributed by atoms with Crippen LogP contribution < -0.4 is 5.32 Å². The molecule has 0 fully saturated rings. The number of halogens is 3. The van der Waals surface area contributed by atoms with Crippen LogP contribution in [0.4, 0.5) is 13.2 Å². The third-order valence-corrected chi connectivity index (χ3v) is 3.02. The van der Waals surface area contributed by atoms with Crippen molar-refractivity contribution in [3.63, 3.8) is 0 Å². The van der Waals surface area contributed by atoms with Gasteiger partial charge in [-0.2, -0.15) is 13.2 Å². The zero-order valence-corrected chi connectivity index (χ0v) is 12.7. The third kappa shape index (κ3) is 8.37. The number of methoxy groups -OCH3 is 1. The van der Waals surface area contributed by atoms with Crippen LogP contribution in [-0.2, 0) is 14.3 Å². The highest BCUT2D eigenvalue weighted by Crippen LogP contribution is 2.19. The summed E-state index contributed by atoms with van der Waals surface area (Å²) in [7, 11) is 1.61. The molecule has 1 N–H and O–H groups in total. The normalized spacial score (nSPS) is 13.4. The maximum Gasteiger partial charge on any atom is 0.471 e. The standard InChI is InChI=1S/C13H24F3NO3/c1-11(2,19-5)7-9-20-12(3,4)6-8-17-10(18)13(14,15)16/h6-9H2,1-5H3,(H,17,18). The predicted octanol–water partition coefficient (Wildman–Crippen LogP) is 2.67. The Morgan fingerprint density at radius 1 is 1.05 bits per heavy atom. The molecule has 0 saturated carbocycles. The molecule has 7 heteroatoms. The number of carbonyl (C=O) groups excluding carboxylic acids is 1. The van der Waals surface area contributed by atoms with Gasteiger partial charge in [0, 0.05) is 13.7 Å². The zero-order chi connectivity index (χ0) is 16.0. The number of carbonyl (C=O) groups is 1. The second-order valence-corrected chi connectivity index (χ2v) is 5.83. The van der Waals surface area contributed by atoms with Crippen LogP contribution in [0.2, 0.25) is 0 Å². The van der Waals surface area contributed by atoms with Crippen molar-refractivity contribution in [3.8, 4) is 0 Å². The van der Waals surface area contributed by atoms with E-state index in [1.807, 2.05) is 19.2 Å². The summed E-state index contributed by atoms with van der Waals surface area (Å²) in [5.74, 6) is -1.92. The highest BCUT2D eigenvalue weighted by molar-refractivity contribution is 5.81. The molecule has 0 aliphatic rings. The summed E-state index contributed by atoms with van der Waals surface area (Å²) in [4.78, 5) is 10.6. The van der Waals surface area contributed by atoms with Gasteiger partial charge in [-0.15, -0.1) is 0 Å². The van der Waals surface area contributed by atoms with Crippen molar-refractivity contribution in [3.05, 3.63) is 0 Å². The fraction of sp³-hybridized carbons (Fsp3) is 0.923. The molecule has 0 aliphatic heterocycles. The highest BCUT2D eigenvalue weighted by Gasteiger charge is 2.38. The molecule has 0 aromatic rings. The first-order valence-electron chi connectivity index (χ1n) is 6.44. The molecule has 0 unspecified atom stereocenters. The molecule has 0 radical (unpaired) electrons. The first kappa shape index (κ1) is 19.2. The average molecular weight is 299 g/mol. The van der Waals surface area contributed by atoms with Crippen LogP contribution in [0.1, 0.15) is 40.5 Å². The van der Waals surface area contributed by atoms with Gasteiger partial charge in [-0.3, -0.25) is 4.79 Å². The average Bonchev–Trinajstić information content (AvgIpc) is 2.26. The van der Waals surface area contributed by atoms with Crippen molar-refractivity contribution in [2.75, 3.05) is 20.3 Å². The van der Waals surface area contributed by atoms with Gasteiger partial charge in [-0.25, -0.2) is 0 Å². The SMILES string of the molecule is COC(C)(C)CCOC(C)(C)CCNC(=O)C(F)(F)F. The fourth-order valence-electron chi connectivity index (χ4n) is 1.32. The molecule has 1 amide bonds. The quantitative estimate of drug-likeness (QED) is 0.749. The minimum Gasteiger partial charge on any atom is -0.379 e. The Morgan fingerprint density at radius 2 is 1.60 bits per heavy atom. The van der Waals surface area contributed by atoms with Gasteiger partial charge >= 0.3 is 12.1 Å². The van der Waals surface area contributed by atoms with E-state index >= 15 is 0 Å². The van der Waals surface area contributed by atoms with Gasteiger partial charge in [-0.1, -0.05) is 0 Å². The molecule has 120 valence electrons. The summed E-state index contributed by atoms with van der Waals surface area (Å²) < 4.78 is 46.8. The lowest BCUT2D eigenvalue weighted by molar-refractivity contribution is -0.173. The van der Waals surface area contributed by atoms with E-state index in [1.165, 1.54) is 0 Å². The Kier molecular flexibility index (Phi) is 6.97. The molecule has 20 heavy (non-hydrogen) atoms. The van der Waals surface area contributed by atoms with E-state index in [0.29, 0.717) is 19.4 Å². The van der Waals surface area contributed by atoms with Gasteiger partial charge in [0.1, 0.15) is 0 Å². The van der Waals surface area contributed by atoms with E-state index in [1.54, 1.807) is 21.0 Å². The first-order valence-corrected chi connectivity index (χ1v) is 6.44. The Bertz CT molecular complexity index is 314. The van der Waals surface area contributed by atoms with Crippen LogP contribution in [-0.4, -0.2) is 43.5 Å². The third-order valence-electron chi connectivity index (χ3n) is 3.02. The van der Waals surface area contributed by atoms with Crippen molar-refractivity contribution >= 4 is 5.91 Å². The minimum atomic E-state index is -4.84. The molecular weight excluding hydrogens is 275 g/mol. The topological polar surface area (TPSA) is 47.6 Å². The van der Waals surface area contributed by atoms with E-state index in [-0.39, 0.29) is 12.1 Å². The Hall–Kier alpha value is -0.820. The lowest BCUT2D eigenvalue weighted by Crippen LogP contribution is -2.40. The van der Waals surface area contributed by atoms with Crippen LogP contribution in [0, 0.1) is 0 Å². The maximum atomic E-state index is 12.0. The Morgan fingerprint density at radius 3 is 2.05 bits per heavy atom. The summed E-state index contributed by atoms with van der Waals surface area (Å²) >= 11 is 0. The van der Waals surface area contributed by atoms with E-state index in [2.05, 4.69) is 0 Å². The van der Waals surface area contributed by atoms with Gasteiger partial charge < -0.3 is 14.8 Å². The second-order valence-electron chi connectivity index (χ2n) is 5.83. The van der Waals surface area contributed by atoms with Gasteiger partial charge in [0.05, 0.1) is 17.8 Å². The summed E-state index contributed by atoms with van der Waals surface area (Å²) in [6.07, 6.45) is -3.88. The zero-order valence-electron chi connectivity index (χ0n) is 12.7. The fourth-order valence-corrected chi connectivity index (χ4v) is 1.32. The highest BCUT2D eigenvalue weighted by atomic mass is 19.4. The van der Waals surface area contributed by atoms with Crippen molar-refractivity contribution < 1.29 is 27.4 Å². The van der Waals surface area contributed by atoms with Gasteiger partial charge in [0.2, 0.25) is 0 Å². The van der Waals surface area contributed by atoms with E-state index in [4.69, 9.17) is 9.47 Å². The monoisotopic (exact) mass is 299 g/mol. The number of hydrogen-bond acceptors (Lipinski definition) is 3. The maximum absolute atomic E-state index is 12.0. The van der Waals surface area contributed by atoms with Crippen LogP contribution in [0.5, 0.6) is 0 Å². The summed E-state index contributed by atoms with van der Waals surface area (Å²) in [5, 5.41) is 1.83. The smallest absolute Gasteiger partial charge is 0.379 e. The van der Waals surface area contributed by atoms with Crippen molar-refractivity contribution in [2.45, 2.75) is 57.9 Å². The van der Waals surface area contributed by atoms with Crippen molar-refractivity contribution in [1.29, 1.82) is 0 Å². The molecule has 0 aromatic heterocycles. The van der Waals surface area contributed by atoms with E-state index in [9.17, 15) is 18.0 Å². The van der Waals surface area contributed by atoms with Gasteiger partial charge in [-0.05, 0) is 40.5 Å². The van der Waals surface area contributed by atoms with Crippen LogP contribution in [0.3, 0.4) is 0 Å². The lowest BCUT2D eigenvalue weighted by atomic mass is 10.0. The van der Waals surface area contributed by atoms with Gasteiger partial charge in [0.25, 0.3) is 0 Å². The number of nitrogens with one attached hydrogen (secondary N) is 1. The molecular formula is C13H24F3NO3. The number of amides is 1. The van der Waals surface area contributed by atoms with Gasteiger partial charge in [0.15, 0.2) is 0 Å². The minimum absolute atomic E-state index is 0.0843. The molecule has 0 atom stereocenters. The summed E-state index contributed by atoms with van der Waals surface area (Å²) in [6.45, 7) is 7.74. The number of alkyl halides is 3. The number of ether oxygens (including phenoxy) is 2. The summed E-state index contributed by atoms with van der Waals surface area (Å²) in [6, 6.07) is 0. The van der Waals surface area contributed by atoms with Crippen molar-refractivity contribution in [1.82, 2.24) is 5.32 Å². The Balaban J connectivity index is 4.00. The lowest BCUT2D eigenvalue weighted by Gasteiger charge is -2.29. The van der Waals surface area contributed by atoms with Crippen LogP contribution in [0.25, 0.3) is 0 Å². The molecule has 0 saturated heterocycles. The first-order chi connectivity index (χ1) is 8.90. The van der Waals surface area contributed by atoms with E-state index < -0.39 is 17.7 Å². The largest absolute Gasteiger partial charge is 0.471 e. The summed E-state index contributed by atoms with van der Waals surface area (Å²) in [5.41, 5.74) is -0.913.